The quantitative estimate of drug-likeness (QED) is 0.623. The number of hydrogen-bond acceptors (Lipinski definition) is 5. The van der Waals surface area contributed by atoms with Gasteiger partial charge in [-0.2, -0.15) is 0 Å². The van der Waals surface area contributed by atoms with Gasteiger partial charge in [-0.05, 0) is 36.4 Å². The maximum absolute atomic E-state index is 11.4. The van der Waals surface area contributed by atoms with E-state index in [9.17, 15) is 20.0 Å². The highest BCUT2D eigenvalue weighted by Gasteiger charge is 2.23. The monoisotopic (exact) mass is 321 g/mol. The molecule has 7 heteroatoms. The van der Waals surface area contributed by atoms with E-state index in [1.165, 1.54) is 23.5 Å². The van der Waals surface area contributed by atoms with E-state index >= 15 is 0 Å². The van der Waals surface area contributed by atoms with Gasteiger partial charge < -0.3 is 9.84 Å². The van der Waals surface area contributed by atoms with Crippen molar-refractivity contribution in [1.82, 2.24) is 0 Å². The Balaban J connectivity index is 2.30. The number of aliphatic carboxylic acids is 1. The minimum atomic E-state index is -0.945. The zero-order chi connectivity index (χ0) is 16.1. The molecule has 0 amide bonds. The van der Waals surface area contributed by atoms with Crippen LogP contribution in [0.4, 0.5) is 5.69 Å². The van der Waals surface area contributed by atoms with Gasteiger partial charge in [0.15, 0.2) is 5.75 Å². The van der Waals surface area contributed by atoms with Crippen molar-refractivity contribution in [2.24, 2.45) is 0 Å². The number of rotatable bonds is 7. The Bertz CT molecular complexity index is 669. The fraction of sp³-hybridized carbons (Fsp3) is 0.267. The molecule has 0 spiro atoms. The molecular weight excluding hydrogens is 306 g/mol. The second-order valence-electron chi connectivity index (χ2n) is 4.60. The number of benzene rings is 1. The van der Waals surface area contributed by atoms with Gasteiger partial charge >= 0.3 is 11.7 Å². The summed E-state index contributed by atoms with van der Waals surface area (Å²) in [7, 11) is 0. The van der Waals surface area contributed by atoms with Gasteiger partial charge in [0.05, 0.1) is 17.4 Å². The van der Waals surface area contributed by atoms with Gasteiger partial charge in [0, 0.05) is 10.9 Å². The Hall–Kier alpha value is -2.41. The molecule has 0 fully saturated rings. The van der Waals surface area contributed by atoms with Gasteiger partial charge in [-0.15, -0.1) is 11.3 Å². The molecule has 1 atom stereocenters. The normalized spacial score (nSPS) is 11.9. The number of carboxylic acid groups (broad SMARTS) is 1. The first-order valence-electron chi connectivity index (χ1n) is 6.69. The zero-order valence-electron chi connectivity index (χ0n) is 11.9. The largest absolute Gasteiger partial charge is 0.487 e. The van der Waals surface area contributed by atoms with Crippen molar-refractivity contribution in [3.63, 3.8) is 0 Å². The summed E-state index contributed by atoms with van der Waals surface area (Å²) in [5.41, 5.74) is 0.450. The van der Waals surface area contributed by atoms with Crippen molar-refractivity contribution < 1.29 is 19.6 Å². The van der Waals surface area contributed by atoms with E-state index in [0.29, 0.717) is 12.2 Å². The topological polar surface area (TPSA) is 89.7 Å². The highest BCUT2D eigenvalue weighted by molar-refractivity contribution is 7.10. The summed E-state index contributed by atoms with van der Waals surface area (Å²) >= 11 is 1.36. The van der Waals surface area contributed by atoms with E-state index in [4.69, 9.17) is 4.74 Å². The molecule has 0 aliphatic carbocycles. The van der Waals surface area contributed by atoms with Crippen LogP contribution in [0, 0.1) is 10.1 Å². The van der Waals surface area contributed by atoms with Gasteiger partial charge in [0.1, 0.15) is 0 Å². The molecule has 0 bridgehead atoms. The molecule has 2 rings (SSSR count). The van der Waals surface area contributed by atoms with E-state index in [-0.39, 0.29) is 17.9 Å². The predicted octanol–water partition coefficient (Wildman–Crippen LogP) is 3.47. The summed E-state index contributed by atoms with van der Waals surface area (Å²) in [5.74, 6) is -1.46. The molecule has 0 aliphatic rings. The summed E-state index contributed by atoms with van der Waals surface area (Å²) in [6, 6.07) is 8.11. The van der Waals surface area contributed by atoms with Crippen LogP contribution in [0.15, 0.2) is 35.7 Å². The van der Waals surface area contributed by atoms with Crippen molar-refractivity contribution in [2.75, 3.05) is 6.61 Å². The number of nitro benzene ring substituents is 1. The second kappa shape index (κ2) is 7.04. The lowest BCUT2D eigenvalue weighted by molar-refractivity contribution is -0.385. The summed E-state index contributed by atoms with van der Waals surface area (Å²) in [6.45, 7) is 2.07. The summed E-state index contributed by atoms with van der Waals surface area (Å²) in [5, 5.41) is 22.3. The van der Waals surface area contributed by atoms with Gasteiger partial charge in [-0.1, -0.05) is 12.1 Å². The Morgan fingerprint density at radius 2 is 2.23 bits per heavy atom. The Labute approximate surface area is 131 Å². The van der Waals surface area contributed by atoms with Crippen LogP contribution < -0.4 is 4.74 Å². The third-order valence-corrected chi connectivity index (χ3v) is 4.13. The van der Waals surface area contributed by atoms with E-state index in [1.807, 2.05) is 5.38 Å². The fourth-order valence-corrected chi connectivity index (χ4v) is 2.96. The smallest absolute Gasteiger partial charge is 0.312 e. The molecule has 0 aliphatic heterocycles. The first-order chi connectivity index (χ1) is 10.5. The molecule has 1 unspecified atom stereocenters. The average Bonchev–Trinajstić information content (AvgIpc) is 2.99. The molecular formula is C15H15NO5S. The van der Waals surface area contributed by atoms with Crippen LogP contribution >= 0.6 is 11.3 Å². The van der Waals surface area contributed by atoms with Gasteiger partial charge in [-0.25, -0.2) is 0 Å². The first-order valence-corrected chi connectivity index (χ1v) is 7.57. The maximum Gasteiger partial charge on any atom is 0.312 e. The predicted molar refractivity (Wildman–Crippen MR) is 82.7 cm³/mol. The molecule has 0 radical (unpaired) electrons. The van der Waals surface area contributed by atoms with Crippen molar-refractivity contribution in [3.05, 3.63) is 56.3 Å². The van der Waals surface area contributed by atoms with Crippen LogP contribution in [0.1, 0.15) is 23.3 Å². The fourth-order valence-electron chi connectivity index (χ4n) is 2.15. The van der Waals surface area contributed by atoms with Gasteiger partial charge in [-0.3, -0.25) is 14.9 Å². The summed E-state index contributed by atoms with van der Waals surface area (Å²) in [4.78, 5) is 22.8. The minimum absolute atomic E-state index is 0.144. The molecule has 0 saturated heterocycles. The van der Waals surface area contributed by atoms with Crippen molar-refractivity contribution in [1.29, 1.82) is 0 Å². The van der Waals surface area contributed by atoms with Gasteiger partial charge in [0.25, 0.3) is 0 Å². The van der Waals surface area contributed by atoms with Crippen LogP contribution in [-0.2, 0) is 11.2 Å². The Kier molecular flexibility index (Phi) is 5.11. The van der Waals surface area contributed by atoms with Crippen molar-refractivity contribution in [3.8, 4) is 5.75 Å². The summed E-state index contributed by atoms with van der Waals surface area (Å²) in [6.07, 6.45) is 0.198. The minimum Gasteiger partial charge on any atom is -0.487 e. The standard InChI is InChI=1S/C15H15NO5S/c1-2-21-13-6-5-10(9-12(13)16(19)20)8-11(15(17)18)14-4-3-7-22-14/h3-7,9,11H,2,8H2,1H3,(H,17,18). The number of nitro groups is 1. The number of thiophene rings is 1. The third kappa shape index (κ3) is 3.62. The first kappa shape index (κ1) is 16.0. The molecule has 0 saturated carbocycles. The number of hydrogen-bond donors (Lipinski definition) is 1. The van der Waals surface area contributed by atoms with Crippen LogP contribution in [0.25, 0.3) is 0 Å². The van der Waals surface area contributed by atoms with Crippen LogP contribution in [0.3, 0.4) is 0 Å². The molecule has 6 nitrogen and oxygen atoms in total. The van der Waals surface area contributed by atoms with E-state index in [0.717, 1.165) is 4.88 Å². The molecule has 1 N–H and O–H groups in total. The lowest BCUT2D eigenvalue weighted by atomic mass is 9.97. The van der Waals surface area contributed by atoms with Crippen LogP contribution in [0.2, 0.25) is 0 Å². The second-order valence-corrected chi connectivity index (χ2v) is 5.58. The number of carbonyl (C=O) groups is 1. The van der Waals surface area contributed by atoms with E-state index < -0.39 is 16.8 Å². The zero-order valence-corrected chi connectivity index (χ0v) is 12.7. The highest BCUT2D eigenvalue weighted by Crippen LogP contribution is 2.31. The molecule has 1 heterocycles. The molecule has 2 aromatic rings. The third-order valence-electron chi connectivity index (χ3n) is 3.14. The molecule has 1 aromatic heterocycles. The molecule has 116 valence electrons. The van der Waals surface area contributed by atoms with E-state index in [2.05, 4.69) is 0 Å². The average molecular weight is 321 g/mol. The van der Waals surface area contributed by atoms with Crippen LogP contribution in [0.5, 0.6) is 5.75 Å². The highest BCUT2D eigenvalue weighted by atomic mass is 32.1. The van der Waals surface area contributed by atoms with Crippen LogP contribution in [-0.4, -0.2) is 22.6 Å². The lowest BCUT2D eigenvalue weighted by Gasteiger charge is -2.11. The lowest BCUT2D eigenvalue weighted by Crippen LogP contribution is -2.13. The Morgan fingerprint density at radius 1 is 1.45 bits per heavy atom. The summed E-state index contributed by atoms with van der Waals surface area (Å²) < 4.78 is 5.22. The van der Waals surface area contributed by atoms with Crippen molar-refractivity contribution >= 4 is 23.0 Å². The Morgan fingerprint density at radius 3 is 2.77 bits per heavy atom. The van der Waals surface area contributed by atoms with Crippen molar-refractivity contribution in [2.45, 2.75) is 19.3 Å². The SMILES string of the molecule is CCOc1ccc(CC(C(=O)O)c2cccs2)cc1[N+](=O)[O-]. The molecule has 22 heavy (non-hydrogen) atoms. The number of carboxylic acids is 1. The number of nitrogens with zero attached hydrogens (tertiary/aromatic N) is 1. The maximum atomic E-state index is 11.4. The number of ether oxygens (including phenoxy) is 1. The molecule has 1 aromatic carbocycles. The van der Waals surface area contributed by atoms with Gasteiger partial charge in [0.2, 0.25) is 0 Å². The van der Waals surface area contributed by atoms with E-state index in [1.54, 1.807) is 25.1 Å².